The summed E-state index contributed by atoms with van der Waals surface area (Å²) >= 11 is 0. The standard InChI is InChI=1S/C23H21FN6O4/c1-11-15(7-29-22-21(11)27-2-3-34-22)14-4-12-5-18(28-8-16(12)20(26)19(14)24)30(23(31)32)17-10-33-9-13(17)6-25/h4-5,7-8,13,17,27H,2-3,9-10,26H2,1H3,(H,31,32)/t13-,17-/m0/s1. The van der Waals surface area contributed by atoms with Crippen LogP contribution >= 0.6 is 0 Å². The molecule has 174 valence electrons. The van der Waals surface area contributed by atoms with Gasteiger partial charge < -0.3 is 25.6 Å². The zero-order valence-electron chi connectivity index (χ0n) is 18.2. The highest BCUT2D eigenvalue weighted by Crippen LogP contribution is 2.40. The van der Waals surface area contributed by atoms with E-state index in [9.17, 15) is 15.2 Å². The van der Waals surface area contributed by atoms with Gasteiger partial charge in [0, 0.05) is 35.5 Å². The summed E-state index contributed by atoms with van der Waals surface area (Å²) in [5, 5.41) is 23.3. The van der Waals surface area contributed by atoms with E-state index < -0.39 is 23.9 Å². The molecule has 10 nitrogen and oxygen atoms in total. The molecule has 2 aliphatic rings. The molecule has 1 aromatic carbocycles. The molecule has 0 unspecified atom stereocenters. The number of ether oxygens (including phenoxy) is 2. The number of nitrogens with one attached hydrogen (secondary N) is 1. The second-order valence-corrected chi connectivity index (χ2v) is 8.16. The van der Waals surface area contributed by atoms with Crippen molar-refractivity contribution in [2.75, 3.05) is 42.3 Å². The van der Waals surface area contributed by atoms with E-state index in [-0.39, 0.29) is 30.3 Å². The van der Waals surface area contributed by atoms with Crippen LogP contribution in [0.2, 0.25) is 0 Å². The zero-order valence-corrected chi connectivity index (χ0v) is 18.2. The maximum Gasteiger partial charge on any atom is 0.413 e. The Morgan fingerprint density at radius 3 is 2.91 bits per heavy atom. The molecule has 4 heterocycles. The molecule has 11 heteroatoms. The lowest BCUT2D eigenvalue weighted by Crippen LogP contribution is -2.44. The molecule has 4 N–H and O–H groups in total. The number of pyridine rings is 2. The van der Waals surface area contributed by atoms with Crippen LogP contribution in [0.5, 0.6) is 5.88 Å². The van der Waals surface area contributed by atoms with Gasteiger partial charge in [-0.15, -0.1) is 0 Å². The lowest BCUT2D eigenvalue weighted by atomic mass is 9.97. The third-order valence-electron chi connectivity index (χ3n) is 6.22. The maximum absolute atomic E-state index is 15.4. The van der Waals surface area contributed by atoms with Crippen LogP contribution in [0.1, 0.15) is 5.56 Å². The second kappa shape index (κ2) is 8.31. The van der Waals surface area contributed by atoms with Crippen molar-refractivity contribution in [3.8, 4) is 23.1 Å². The summed E-state index contributed by atoms with van der Waals surface area (Å²) in [6.45, 7) is 3.16. The van der Waals surface area contributed by atoms with Crippen LogP contribution < -0.4 is 20.7 Å². The number of benzene rings is 1. The van der Waals surface area contributed by atoms with Gasteiger partial charge in [0.2, 0.25) is 5.88 Å². The first kappa shape index (κ1) is 21.7. The molecule has 34 heavy (non-hydrogen) atoms. The Bertz CT molecular complexity index is 1360. The zero-order chi connectivity index (χ0) is 24.0. The molecular formula is C23H21FN6O4. The van der Waals surface area contributed by atoms with E-state index >= 15 is 4.39 Å². The number of anilines is 3. The smallest absolute Gasteiger partial charge is 0.413 e. The summed E-state index contributed by atoms with van der Waals surface area (Å²) in [5.74, 6) is -0.687. The highest BCUT2D eigenvalue weighted by molar-refractivity contribution is 5.99. The lowest BCUT2D eigenvalue weighted by molar-refractivity contribution is 0.182. The van der Waals surface area contributed by atoms with Crippen molar-refractivity contribution in [2.24, 2.45) is 5.92 Å². The number of halogens is 1. The minimum absolute atomic E-state index is 0.0795. The number of hydrogen-bond donors (Lipinski definition) is 3. The lowest BCUT2D eigenvalue weighted by Gasteiger charge is -2.26. The Morgan fingerprint density at radius 1 is 1.32 bits per heavy atom. The fraction of sp³-hybridized carbons (Fsp3) is 0.304. The Morgan fingerprint density at radius 2 is 2.15 bits per heavy atom. The van der Waals surface area contributed by atoms with Crippen LogP contribution in [-0.4, -0.2) is 53.6 Å². The Labute approximate surface area is 193 Å². The molecule has 1 saturated heterocycles. The summed E-state index contributed by atoms with van der Waals surface area (Å²) < 4.78 is 26.2. The molecule has 5 rings (SSSR count). The van der Waals surface area contributed by atoms with Crippen LogP contribution in [0.15, 0.2) is 24.5 Å². The number of fused-ring (bicyclic) bond motifs is 2. The fourth-order valence-corrected chi connectivity index (χ4v) is 4.44. The molecule has 1 fully saturated rings. The molecule has 1 amide bonds. The van der Waals surface area contributed by atoms with Crippen molar-refractivity contribution >= 4 is 34.1 Å². The Balaban J connectivity index is 1.65. The van der Waals surface area contributed by atoms with Gasteiger partial charge in [-0.3, -0.25) is 4.90 Å². The average molecular weight is 464 g/mol. The molecule has 0 saturated carbocycles. The number of amides is 1. The predicted molar refractivity (Wildman–Crippen MR) is 122 cm³/mol. The van der Waals surface area contributed by atoms with Crippen LogP contribution in [0.4, 0.5) is 26.4 Å². The number of nitrogens with two attached hydrogens (primary N) is 1. The number of rotatable bonds is 3. The van der Waals surface area contributed by atoms with E-state index in [1.165, 1.54) is 18.5 Å². The first-order valence-electron chi connectivity index (χ1n) is 10.6. The van der Waals surface area contributed by atoms with Gasteiger partial charge in [0.1, 0.15) is 18.1 Å². The number of nitrogens with zero attached hydrogens (tertiary/aromatic N) is 4. The number of aromatic nitrogens is 2. The highest BCUT2D eigenvalue weighted by Gasteiger charge is 2.37. The van der Waals surface area contributed by atoms with E-state index in [2.05, 4.69) is 21.4 Å². The van der Waals surface area contributed by atoms with Crippen molar-refractivity contribution < 1.29 is 23.8 Å². The molecule has 3 aromatic rings. The molecule has 0 aliphatic carbocycles. The minimum atomic E-state index is -1.27. The summed E-state index contributed by atoms with van der Waals surface area (Å²) in [4.78, 5) is 21.6. The SMILES string of the molecule is Cc1c(-c2cc3cc(N(C(=O)O)[C@H]4COC[C@@H]4C#N)ncc3c(N)c2F)cnc2c1NCCO2. The summed E-state index contributed by atoms with van der Waals surface area (Å²) in [7, 11) is 0. The summed E-state index contributed by atoms with van der Waals surface area (Å²) in [5.41, 5.74) is 8.23. The maximum atomic E-state index is 15.4. The minimum Gasteiger partial charge on any atom is -0.474 e. The van der Waals surface area contributed by atoms with Crippen molar-refractivity contribution in [1.82, 2.24) is 9.97 Å². The van der Waals surface area contributed by atoms with Crippen LogP contribution in [0.3, 0.4) is 0 Å². The fourth-order valence-electron chi connectivity index (χ4n) is 4.44. The van der Waals surface area contributed by atoms with Crippen molar-refractivity contribution in [3.05, 3.63) is 35.9 Å². The third kappa shape index (κ3) is 3.39. The monoisotopic (exact) mass is 464 g/mol. The number of hydrogen-bond acceptors (Lipinski definition) is 8. The van der Waals surface area contributed by atoms with E-state index in [0.29, 0.717) is 41.1 Å². The Kier molecular flexibility index (Phi) is 5.30. The molecule has 2 aliphatic heterocycles. The second-order valence-electron chi connectivity index (χ2n) is 8.16. The van der Waals surface area contributed by atoms with Crippen molar-refractivity contribution in [3.63, 3.8) is 0 Å². The van der Waals surface area contributed by atoms with Gasteiger partial charge in [-0.05, 0) is 30.0 Å². The number of carbonyl (C=O) groups is 1. The molecule has 2 atom stereocenters. The van der Waals surface area contributed by atoms with Gasteiger partial charge in [-0.1, -0.05) is 0 Å². The number of nitriles is 1. The van der Waals surface area contributed by atoms with E-state index in [1.807, 2.05) is 6.92 Å². The highest BCUT2D eigenvalue weighted by atomic mass is 19.1. The topological polar surface area (TPSA) is 147 Å². The molecule has 0 radical (unpaired) electrons. The molecular weight excluding hydrogens is 443 g/mol. The average Bonchev–Trinajstić information content (AvgIpc) is 3.30. The quantitative estimate of drug-likeness (QED) is 0.497. The number of nitrogen functional groups attached to an aromatic ring is 1. The molecule has 0 bridgehead atoms. The summed E-state index contributed by atoms with van der Waals surface area (Å²) in [6.07, 6.45) is 1.61. The van der Waals surface area contributed by atoms with Gasteiger partial charge in [-0.2, -0.15) is 5.26 Å². The largest absolute Gasteiger partial charge is 0.474 e. The van der Waals surface area contributed by atoms with Gasteiger partial charge in [0.15, 0.2) is 5.82 Å². The first-order valence-corrected chi connectivity index (χ1v) is 10.6. The van der Waals surface area contributed by atoms with Crippen molar-refractivity contribution in [1.29, 1.82) is 5.26 Å². The van der Waals surface area contributed by atoms with Crippen LogP contribution in [0, 0.1) is 30.0 Å². The van der Waals surface area contributed by atoms with Gasteiger partial charge in [0.05, 0.1) is 36.9 Å². The first-order chi connectivity index (χ1) is 16.4. The summed E-state index contributed by atoms with van der Waals surface area (Å²) in [6, 6.07) is 4.50. The molecule has 2 aromatic heterocycles. The van der Waals surface area contributed by atoms with Gasteiger partial charge in [-0.25, -0.2) is 19.2 Å². The normalized spacial score (nSPS) is 19.1. The van der Waals surface area contributed by atoms with Crippen molar-refractivity contribution in [2.45, 2.75) is 13.0 Å². The van der Waals surface area contributed by atoms with Crippen LogP contribution in [-0.2, 0) is 4.74 Å². The van der Waals surface area contributed by atoms with Crippen LogP contribution in [0.25, 0.3) is 21.9 Å². The van der Waals surface area contributed by atoms with Gasteiger partial charge in [0.25, 0.3) is 0 Å². The Hall–Kier alpha value is -4.17. The van der Waals surface area contributed by atoms with E-state index in [0.717, 1.165) is 10.5 Å². The van der Waals surface area contributed by atoms with E-state index in [1.54, 1.807) is 6.07 Å². The predicted octanol–water partition coefficient (Wildman–Crippen LogP) is 3.15. The molecule has 0 spiro atoms. The number of carboxylic acid groups (broad SMARTS) is 1. The third-order valence-corrected chi connectivity index (χ3v) is 6.22. The van der Waals surface area contributed by atoms with Gasteiger partial charge >= 0.3 is 6.09 Å². The van der Waals surface area contributed by atoms with E-state index in [4.69, 9.17) is 15.2 Å².